The second kappa shape index (κ2) is 12.2. The first-order chi connectivity index (χ1) is 13.1. The van der Waals surface area contributed by atoms with E-state index < -0.39 is 10.0 Å². The number of ether oxygens (including phenoxy) is 1. The number of nitrogens with zero attached hydrogens (tertiary/aromatic N) is 2. The van der Waals surface area contributed by atoms with Gasteiger partial charge in [-0.1, -0.05) is 37.8 Å². The van der Waals surface area contributed by atoms with Crippen LogP contribution in [0.1, 0.15) is 41.0 Å². The molecule has 0 radical (unpaired) electrons. The number of rotatable bonds is 12. The number of hydrogen-bond acceptors (Lipinski definition) is 4. The van der Waals surface area contributed by atoms with Crippen molar-refractivity contribution in [2.75, 3.05) is 26.7 Å². The van der Waals surface area contributed by atoms with Crippen molar-refractivity contribution in [3.63, 3.8) is 0 Å². The lowest BCUT2D eigenvalue weighted by Crippen LogP contribution is -2.43. The molecule has 0 unspecified atom stereocenters. The Balaban J connectivity index is 6.34. The van der Waals surface area contributed by atoms with Gasteiger partial charge in [0.1, 0.15) is 12.3 Å². The smallest absolute Gasteiger partial charge is 0.264 e. The Kier molecular flexibility index (Phi) is 11.2. The molecule has 0 aromatic heterocycles. The molecule has 158 valence electrons. The Bertz CT molecular complexity index is 757. The van der Waals surface area contributed by atoms with Crippen molar-refractivity contribution in [1.82, 2.24) is 9.21 Å². The fourth-order valence-electron chi connectivity index (χ4n) is 2.44. The van der Waals surface area contributed by atoms with Crippen LogP contribution in [0.5, 0.6) is 0 Å². The number of carbonyl (C=O) groups is 1. The van der Waals surface area contributed by atoms with Gasteiger partial charge in [-0.25, -0.2) is 8.42 Å². The van der Waals surface area contributed by atoms with Gasteiger partial charge >= 0.3 is 0 Å². The number of allylic oxidation sites excluding steroid dienone is 5. The van der Waals surface area contributed by atoms with Crippen molar-refractivity contribution in [2.45, 2.75) is 41.0 Å². The predicted molar refractivity (Wildman–Crippen MR) is 116 cm³/mol. The van der Waals surface area contributed by atoms with Crippen molar-refractivity contribution in [3.05, 3.63) is 59.4 Å². The second-order valence-corrected chi connectivity index (χ2v) is 8.17. The molecule has 0 N–H and O–H groups in total. The van der Waals surface area contributed by atoms with Gasteiger partial charge < -0.3 is 9.64 Å². The zero-order chi connectivity index (χ0) is 21.9. The van der Waals surface area contributed by atoms with Gasteiger partial charge in [-0.2, -0.15) is 0 Å². The largest absolute Gasteiger partial charge is 0.495 e. The molecule has 0 spiro atoms. The molecule has 1 amide bonds. The molecule has 0 saturated heterocycles. The van der Waals surface area contributed by atoms with Crippen LogP contribution in [0, 0.1) is 0 Å². The lowest BCUT2D eigenvalue weighted by atomic mass is 10.3. The molecule has 0 aromatic carbocycles. The molecule has 28 heavy (non-hydrogen) atoms. The van der Waals surface area contributed by atoms with Gasteiger partial charge in [-0.05, 0) is 46.3 Å². The fourth-order valence-corrected chi connectivity index (χ4v) is 3.89. The summed E-state index contributed by atoms with van der Waals surface area (Å²) in [5.74, 6) is -0.134. The van der Waals surface area contributed by atoms with Gasteiger partial charge in [0, 0.05) is 13.1 Å². The van der Waals surface area contributed by atoms with Crippen LogP contribution in [-0.4, -0.2) is 50.3 Å². The third-order valence-electron chi connectivity index (χ3n) is 3.95. The molecule has 0 heterocycles. The van der Waals surface area contributed by atoms with E-state index in [1.807, 2.05) is 27.7 Å². The third kappa shape index (κ3) is 7.03. The lowest BCUT2D eigenvalue weighted by Gasteiger charge is -2.30. The average Bonchev–Trinajstić information content (AvgIpc) is 2.65. The van der Waals surface area contributed by atoms with Crippen LogP contribution in [0.25, 0.3) is 0 Å². The maximum atomic E-state index is 13.3. The Labute approximate surface area is 170 Å². The third-order valence-corrected chi connectivity index (χ3v) is 5.76. The van der Waals surface area contributed by atoms with E-state index in [2.05, 4.69) is 13.2 Å². The first kappa shape index (κ1) is 25.7. The summed E-state index contributed by atoms with van der Waals surface area (Å²) in [5.41, 5.74) is 1.15. The van der Waals surface area contributed by atoms with Crippen LogP contribution in [0.4, 0.5) is 0 Å². The summed E-state index contributed by atoms with van der Waals surface area (Å²) >= 11 is 0. The Hall–Kier alpha value is -2.28. The predicted octanol–water partition coefficient (Wildman–Crippen LogP) is 3.98. The molecule has 0 fully saturated rings. The highest BCUT2D eigenvalue weighted by atomic mass is 32.2. The minimum absolute atomic E-state index is 0.0108. The normalized spacial score (nSPS) is 12.2. The summed E-state index contributed by atoms with van der Waals surface area (Å²) < 4.78 is 32.9. The average molecular weight is 411 g/mol. The van der Waals surface area contributed by atoms with Crippen LogP contribution in [-0.2, 0) is 19.6 Å². The summed E-state index contributed by atoms with van der Waals surface area (Å²) in [4.78, 5) is 14.4. The van der Waals surface area contributed by atoms with Crippen molar-refractivity contribution in [2.24, 2.45) is 0 Å². The van der Waals surface area contributed by atoms with Gasteiger partial charge in [-0.3, -0.25) is 9.10 Å². The van der Waals surface area contributed by atoms with Gasteiger partial charge in [0.15, 0.2) is 0 Å². The SMILES string of the molecule is C=C/C(=C\C=C(C)C)S(=O)(=O)N(CC(=O)N(CC)CCC)/C(=C/C)C(=C)OC. The number of methoxy groups -OCH3 is 1. The molecule has 0 rings (SSSR count). The standard InChI is InChI=1S/C21H34N2O4S/c1-9-15-22(12-4)21(24)16-23(20(11-3)18(7)27-8)28(25,26)19(10-2)14-13-17(5)6/h10-11,13-14H,2,7,9,12,15-16H2,1,3-6,8H3/b19-14+,20-11+. The molecule has 0 bridgehead atoms. The van der Waals surface area contributed by atoms with Crippen molar-refractivity contribution in [3.8, 4) is 0 Å². The van der Waals surface area contributed by atoms with Crippen LogP contribution in [0.2, 0.25) is 0 Å². The molecular weight excluding hydrogens is 376 g/mol. The van der Waals surface area contributed by atoms with Crippen LogP contribution < -0.4 is 0 Å². The summed E-state index contributed by atoms with van der Waals surface area (Å²) in [5, 5.41) is 0. The Morgan fingerprint density at radius 2 is 1.79 bits per heavy atom. The van der Waals surface area contributed by atoms with E-state index in [1.54, 1.807) is 24.0 Å². The van der Waals surface area contributed by atoms with Crippen LogP contribution in [0.15, 0.2) is 59.4 Å². The fraction of sp³-hybridized carbons (Fsp3) is 0.476. The lowest BCUT2D eigenvalue weighted by molar-refractivity contribution is -0.131. The van der Waals surface area contributed by atoms with Gasteiger partial charge in [0.05, 0.1) is 17.7 Å². The second-order valence-electron chi connectivity index (χ2n) is 6.30. The molecule has 0 aromatic rings. The molecule has 0 saturated carbocycles. The van der Waals surface area contributed by atoms with Crippen LogP contribution in [0.3, 0.4) is 0 Å². The minimum atomic E-state index is -4.05. The summed E-state index contributed by atoms with van der Waals surface area (Å²) in [6, 6.07) is 0. The minimum Gasteiger partial charge on any atom is -0.495 e. The van der Waals surface area contributed by atoms with E-state index in [4.69, 9.17) is 4.74 Å². The van der Waals surface area contributed by atoms with E-state index in [0.717, 1.165) is 16.3 Å². The number of carbonyl (C=O) groups excluding carboxylic acids is 1. The molecule has 0 aliphatic heterocycles. The summed E-state index contributed by atoms with van der Waals surface area (Å²) in [7, 11) is -2.65. The van der Waals surface area contributed by atoms with E-state index in [0.29, 0.717) is 13.1 Å². The van der Waals surface area contributed by atoms with E-state index in [-0.39, 0.29) is 28.8 Å². The highest BCUT2D eigenvalue weighted by Gasteiger charge is 2.31. The van der Waals surface area contributed by atoms with E-state index in [1.165, 1.54) is 19.3 Å². The van der Waals surface area contributed by atoms with E-state index >= 15 is 0 Å². The van der Waals surface area contributed by atoms with E-state index in [9.17, 15) is 13.2 Å². The first-order valence-electron chi connectivity index (χ1n) is 9.28. The highest BCUT2D eigenvalue weighted by molar-refractivity contribution is 7.93. The van der Waals surface area contributed by atoms with Crippen molar-refractivity contribution < 1.29 is 17.9 Å². The van der Waals surface area contributed by atoms with Gasteiger partial charge in [0.2, 0.25) is 5.91 Å². The molecular formula is C21H34N2O4S. The zero-order valence-corrected chi connectivity index (χ0v) is 18.8. The maximum Gasteiger partial charge on any atom is 0.264 e. The topological polar surface area (TPSA) is 66.9 Å². The monoisotopic (exact) mass is 410 g/mol. The zero-order valence-electron chi connectivity index (χ0n) is 18.0. The summed E-state index contributed by atoms with van der Waals surface area (Å²) in [6.07, 6.45) is 6.77. The Morgan fingerprint density at radius 3 is 2.18 bits per heavy atom. The Morgan fingerprint density at radius 1 is 1.18 bits per heavy atom. The van der Waals surface area contributed by atoms with Crippen molar-refractivity contribution >= 4 is 15.9 Å². The molecule has 7 heteroatoms. The number of likely N-dealkylation sites (N-methyl/N-ethyl adjacent to an activating group) is 1. The number of sulfonamides is 1. The maximum absolute atomic E-state index is 13.3. The van der Waals surface area contributed by atoms with Crippen LogP contribution >= 0.6 is 0 Å². The van der Waals surface area contributed by atoms with Gasteiger partial charge in [0.25, 0.3) is 10.0 Å². The first-order valence-corrected chi connectivity index (χ1v) is 10.7. The van der Waals surface area contributed by atoms with Gasteiger partial charge in [-0.15, -0.1) is 0 Å². The quantitative estimate of drug-likeness (QED) is 0.361. The molecule has 0 aliphatic rings. The molecule has 6 nitrogen and oxygen atoms in total. The van der Waals surface area contributed by atoms with Crippen molar-refractivity contribution in [1.29, 1.82) is 0 Å². The molecule has 0 aliphatic carbocycles. The molecule has 0 atom stereocenters. The number of hydrogen-bond donors (Lipinski definition) is 0. The highest BCUT2D eigenvalue weighted by Crippen LogP contribution is 2.24. The number of amides is 1. The summed E-state index contributed by atoms with van der Waals surface area (Å²) in [6.45, 7) is 17.3.